The Hall–Kier alpha value is -0.460. The van der Waals surface area contributed by atoms with Crippen LogP contribution in [0.15, 0.2) is 0 Å². The molecule has 1 amide bonds. The van der Waals surface area contributed by atoms with E-state index in [9.17, 15) is 9.59 Å². The predicted octanol–water partition coefficient (Wildman–Crippen LogP) is 2.71. The van der Waals surface area contributed by atoms with E-state index in [0.717, 1.165) is 0 Å². The lowest BCUT2D eigenvalue weighted by Gasteiger charge is -2.09. The van der Waals surface area contributed by atoms with Crippen molar-refractivity contribution in [2.75, 3.05) is 0 Å². The normalized spacial score (nSPS) is 10.1. The number of thioether (sulfide) groups is 1. The third-order valence-electron chi connectivity index (χ3n) is 1.30. The third kappa shape index (κ3) is 13.6. The van der Waals surface area contributed by atoms with Crippen LogP contribution in [0.2, 0.25) is 0 Å². The Kier molecular flexibility index (Phi) is 11.5. The second kappa shape index (κ2) is 10.5. The highest BCUT2D eigenvalue weighted by Crippen LogP contribution is 2.08. The van der Waals surface area contributed by atoms with E-state index in [4.69, 9.17) is 33.7 Å². The Bertz CT molecular complexity index is 297. The van der Waals surface area contributed by atoms with Gasteiger partial charge in [-0.05, 0) is 0 Å². The molecule has 5 nitrogen and oxygen atoms in total. The summed E-state index contributed by atoms with van der Waals surface area (Å²) in [6.45, 7) is 7.59. The van der Waals surface area contributed by atoms with Crippen LogP contribution in [0, 0.1) is 11.3 Å². The molecular formula is C10H18Cl2N2O3S. The number of rotatable bonds is 3. The summed E-state index contributed by atoms with van der Waals surface area (Å²) in [5.74, 6) is -1.36. The summed E-state index contributed by atoms with van der Waals surface area (Å²) in [5.41, 5.74) is 0. The monoisotopic (exact) mass is 316 g/mol. The maximum Gasteiger partial charge on any atom is 0.337 e. The van der Waals surface area contributed by atoms with Crippen molar-refractivity contribution in [2.45, 2.75) is 37.8 Å². The highest BCUT2D eigenvalue weighted by atomic mass is 35.5. The number of hydrogen-bond acceptors (Lipinski definition) is 4. The maximum absolute atomic E-state index is 11.1. The van der Waals surface area contributed by atoms with Gasteiger partial charge < -0.3 is 10.4 Å². The summed E-state index contributed by atoms with van der Waals surface area (Å²) in [4.78, 5) is 19.2. The van der Waals surface area contributed by atoms with Crippen molar-refractivity contribution < 1.29 is 14.7 Å². The van der Waals surface area contributed by atoms with E-state index >= 15 is 0 Å². The van der Waals surface area contributed by atoms with Crippen molar-refractivity contribution in [2.24, 2.45) is 5.92 Å². The van der Waals surface area contributed by atoms with Crippen molar-refractivity contribution in [1.29, 1.82) is 5.41 Å². The van der Waals surface area contributed by atoms with Gasteiger partial charge >= 0.3 is 5.97 Å². The number of alkyl halides is 2. The van der Waals surface area contributed by atoms with Crippen molar-refractivity contribution in [1.82, 2.24) is 5.32 Å². The van der Waals surface area contributed by atoms with Gasteiger partial charge in [0.2, 0.25) is 10.7 Å². The number of carboxylic acid groups (broad SMARTS) is 1. The molecule has 0 spiro atoms. The number of nitrogens with one attached hydrogen (secondary N) is 2. The number of aliphatic carboxylic acids is 1. The minimum absolute atomic E-state index is 0.0573. The first-order valence-electron chi connectivity index (χ1n) is 5.14. The molecule has 0 bridgehead atoms. The summed E-state index contributed by atoms with van der Waals surface area (Å²) in [6, 6.07) is 0. The highest BCUT2D eigenvalue weighted by molar-refractivity contribution is 8.14. The molecule has 3 N–H and O–H groups in total. The summed E-state index contributed by atoms with van der Waals surface area (Å²) >= 11 is 10.9. The van der Waals surface area contributed by atoms with Gasteiger partial charge in [-0.2, -0.15) is 0 Å². The van der Waals surface area contributed by atoms with Crippen LogP contribution in [0.4, 0.5) is 0 Å². The van der Waals surface area contributed by atoms with Gasteiger partial charge in [0.1, 0.15) is 0 Å². The van der Waals surface area contributed by atoms with Gasteiger partial charge in [0.25, 0.3) is 0 Å². The van der Waals surface area contributed by atoms with Gasteiger partial charge in [0, 0.05) is 11.2 Å². The number of halogens is 2. The third-order valence-corrected chi connectivity index (χ3v) is 2.48. The van der Waals surface area contributed by atoms with E-state index in [1.165, 1.54) is 11.8 Å². The zero-order valence-electron chi connectivity index (χ0n) is 10.7. The lowest BCUT2D eigenvalue weighted by atomic mass is 10.2. The fourth-order valence-corrected chi connectivity index (χ4v) is 1.15. The van der Waals surface area contributed by atoms with Crippen LogP contribution < -0.4 is 5.32 Å². The summed E-state index contributed by atoms with van der Waals surface area (Å²) in [6.07, 6.45) is 0. The van der Waals surface area contributed by atoms with Gasteiger partial charge in [-0.1, -0.05) is 62.7 Å². The average Bonchev–Trinajstić information content (AvgIpc) is 2.16. The quantitative estimate of drug-likeness (QED) is 0.424. The Labute approximate surface area is 121 Å². The molecule has 0 unspecified atom stereocenters. The van der Waals surface area contributed by atoms with Crippen LogP contribution in [0.25, 0.3) is 0 Å². The van der Waals surface area contributed by atoms with E-state index < -0.39 is 10.8 Å². The molecule has 0 aliphatic rings. The topological polar surface area (TPSA) is 90.3 Å². The van der Waals surface area contributed by atoms with Gasteiger partial charge in [-0.3, -0.25) is 10.2 Å². The van der Waals surface area contributed by atoms with Crippen LogP contribution in [-0.2, 0) is 9.59 Å². The fourth-order valence-electron chi connectivity index (χ4n) is 0.521. The Morgan fingerprint density at radius 3 is 1.83 bits per heavy atom. The zero-order chi connectivity index (χ0) is 14.9. The molecule has 106 valence electrons. The number of amidine groups is 1. The molecular weight excluding hydrogens is 299 g/mol. The van der Waals surface area contributed by atoms with Crippen LogP contribution in [-0.4, -0.2) is 32.2 Å². The van der Waals surface area contributed by atoms with Crippen LogP contribution in [0.3, 0.4) is 0 Å². The first kappa shape index (κ1) is 19.9. The SMILES string of the molecule is CC(C)SC(=N)NC(=O)C(C)C.O=C(O)C(Cl)Cl. The molecule has 0 radical (unpaired) electrons. The number of carbonyl (C=O) groups excluding carboxylic acids is 1. The van der Waals surface area contributed by atoms with E-state index in [0.29, 0.717) is 5.25 Å². The number of hydrogen-bond donors (Lipinski definition) is 3. The minimum atomic E-state index is -1.29. The van der Waals surface area contributed by atoms with Gasteiger partial charge in [-0.15, -0.1) is 0 Å². The molecule has 0 aliphatic heterocycles. The van der Waals surface area contributed by atoms with Gasteiger partial charge in [0.05, 0.1) is 0 Å². The molecule has 0 rings (SSSR count). The lowest BCUT2D eigenvalue weighted by molar-refractivity contribution is -0.135. The Balaban J connectivity index is 0. The van der Waals surface area contributed by atoms with Gasteiger partial charge in [-0.25, -0.2) is 4.79 Å². The van der Waals surface area contributed by atoms with Crippen molar-refractivity contribution >= 4 is 52.0 Å². The standard InChI is InChI=1S/C8H16N2OS.C2H2Cl2O2/c1-5(2)7(11)10-8(9)12-6(3)4;3-1(4)2(5)6/h5-6H,1-4H3,(H2,9,10,11);1H,(H,5,6). The van der Waals surface area contributed by atoms with E-state index in [2.05, 4.69) is 5.32 Å². The summed E-state index contributed by atoms with van der Waals surface area (Å²) in [5, 5.41) is 18.2. The minimum Gasteiger partial charge on any atom is -0.479 e. The van der Waals surface area contributed by atoms with Crippen LogP contribution >= 0.6 is 35.0 Å². The molecule has 0 fully saturated rings. The molecule has 8 heteroatoms. The summed E-state index contributed by atoms with van der Waals surface area (Å²) < 4.78 is 0. The molecule has 0 aromatic carbocycles. The number of carboxylic acids is 1. The fraction of sp³-hybridized carbons (Fsp3) is 0.700. The van der Waals surface area contributed by atoms with E-state index in [-0.39, 0.29) is 17.0 Å². The molecule has 18 heavy (non-hydrogen) atoms. The van der Waals surface area contributed by atoms with Crippen LogP contribution in [0.1, 0.15) is 27.7 Å². The van der Waals surface area contributed by atoms with Crippen molar-refractivity contribution in [3.8, 4) is 0 Å². The highest BCUT2D eigenvalue weighted by Gasteiger charge is 2.09. The van der Waals surface area contributed by atoms with E-state index in [1.54, 1.807) is 0 Å². The van der Waals surface area contributed by atoms with Crippen molar-refractivity contribution in [3.05, 3.63) is 0 Å². The Morgan fingerprint density at radius 1 is 1.22 bits per heavy atom. The number of carbonyl (C=O) groups is 2. The maximum atomic E-state index is 11.1. The van der Waals surface area contributed by atoms with E-state index in [1.807, 2.05) is 27.7 Å². The molecule has 0 aromatic rings. The molecule has 0 saturated carbocycles. The lowest BCUT2D eigenvalue weighted by Crippen LogP contribution is -2.31. The largest absolute Gasteiger partial charge is 0.479 e. The smallest absolute Gasteiger partial charge is 0.337 e. The number of amides is 1. The molecule has 0 aromatic heterocycles. The molecule has 0 saturated heterocycles. The second-order valence-corrected chi connectivity index (χ2v) is 6.46. The molecule has 0 atom stereocenters. The average molecular weight is 317 g/mol. The Morgan fingerprint density at radius 2 is 1.61 bits per heavy atom. The predicted molar refractivity (Wildman–Crippen MR) is 76.6 cm³/mol. The molecule has 0 aliphatic carbocycles. The zero-order valence-corrected chi connectivity index (χ0v) is 13.0. The molecule has 0 heterocycles. The summed E-state index contributed by atoms with van der Waals surface area (Å²) in [7, 11) is 0. The van der Waals surface area contributed by atoms with Crippen molar-refractivity contribution in [3.63, 3.8) is 0 Å². The first-order valence-corrected chi connectivity index (χ1v) is 6.90. The second-order valence-electron chi connectivity index (χ2n) is 3.78. The van der Waals surface area contributed by atoms with Gasteiger partial charge in [0.15, 0.2) is 5.17 Å². The first-order chi connectivity index (χ1) is 8.07. The van der Waals surface area contributed by atoms with Crippen LogP contribution in [0.5, 0.6) is 0 Å².